The first kappa shape index (κ1) is 29.2. The number of nitrogens with one attached hydrogen (secondary N) is 1. The zero-order valence-corrected chi connectivity index (χ0v) is 24.5. The van der Waals surface area contributed by atoms with Crippen LogP contribution >= 0.6 is 27.5 Å². The number of halogens is 2. The summed E-state index contributed by atoms with van der Waals surface area (Å²) in [5, 5.41) is 4.46. The maximum atomic E-state index is 10.1. The second-order valence-electron chi connectivity index (χ2n) is 9.21. The van der Waals surface area contributed by atoms with Crippen molar-refractivity contribution >= 4 is 39.9 Å². The van der Waals surface area contributed by atoms with Gasteiger partial charge in [-0.15, -0.1) is 0 Å². The number of rotatable bonds is 4. The molecule has 198 valence electrons. The standard InChI is InChI=1S/C20H22BrClN2.C8H10NO2.C2H6/c1-24-8-6-13(7-9-24)19-18-5-4-17(22)11-14(18)2-3-15-10-16(21)12-23-20(15)19;1-11-9-5-2-8(3-6-9)4-7-10;1-2/h2-5,10-13,19-20,23H,6-9H2,1H3;2-3,5-7H,4H2,1H3;1-2H3/q;+1;. The van der Waals surface area contributed by atoms with Crippen molar-refractivity contribution < 1.29 is 14.4 Å². The van der Waals surface area contributed by atoms with E-state index in [0.29, 0.717) is 24.3 Å². The number of nitrogens with zero attached hydrogens (tertiary/aromatic N) is 2. The average Bonchev–Trinajstić information content (AvgIpc) is 3.07. The van der Waals surface area contributed by atoms with Crippen molar-refractivity contribution in [3.63, 3.8) is 0 Å². The van der Waals surface area contributed by atoms with Gasteiger partial charge in [0.15, 0.2) is 0 Å². The summed E-state index contributed by atoms with van der Waals surface area (Å²) < 4.78 is 2.67. The van der Waals surface area contributed by atoms with E-state index in [9.17, 15) is 4.79 Å². The first-order valence-corrected chi connectivity index (χ1v) is 14.1. The smallest absolute Gasteiger partial charge is 0.222 e. The molecule has 3 heterocycles. The van der Waals surface area contributed by atoms with E-state index in [2.05, 4.69) is 69.8 Å². The third kappa shape index (κ3) is 7.79. The van der Waals surface area contributed by atoms with E-state index in [-0.39, 0.29) is 0 Å². The van der Waals surface area contributed by atoms with Crippen molar-refractivity contribution in [3.8, 4) is 0 Å². The molecule has 2 atom stereocenters. The molecule has 5 rings (SSSR count). The summed E-state index contributed by atoms with van der Waals surface area (Å²) in [4.78, 5) is 17.4. The highest BCUT2D eigenvalue weighted by Gasteiger charge is 2.36. The fourth-order valence-corrected chi connectivity index (χ4v) is 5.67. The summed E-state index contributed by atoms with van der Waals surface area (Å²) in [7, 11) is 3.81. The minimum atomic E-state index is 0.332. The topological polar surface area (TPSA) is 45.5 Å². The number of fused-ring (bicyclic) bond motifs is 2. The Morgan fingerprint density at radius 1 is 1.16 bits per heavy atom. The fourth-order valence-electron chi connectivity index (χ4n) is 5.09. The molecule has 2 aliphatic heterocycles. The Labute approximate surface area is 234 Å². The second-order valence-corrected chi connectivity index (χ2v) is 10.6. The van der Waals surface area contributed by atoms with Gasteiger partial charge < -0.3 is 15.0 Å². The first-order valence-electron chi connectivity index (χ1n) is 13.0. The van der Waals surface area contributed by atoms with Crippen molar-refractivity contribution in [2.75, 3.05) is 27.2 Å². The highest BCUT2D eigenvalue weighted by molar-refractivity contribution is 9.11. The van der Waals surface area contributed by atoms with Crippen LogP contribution in [0.4, 0.5) is 0 Å². The molecule has 5 nitrogen and oxygen atoms in total. The molecular formula is C30H38BrClN3O2+. The zero-order chi connectivity index (χ0) is 26.8. The third-order valence-electron chi connectivity index (χ3n) is 6.96. The molecule has 37 heavy (non-hydrogen) atoms. The molecule has 1 aromatic carbocycles. The van der Waals surface area contributed by atoms with Crippen LogP contribution < -0.4 is 14.9 Å². The minimum Gasteiger partial charge on any atom is -0.383 e. The molecule has 1 aliphatic carbocycles. The maximum absolute atomic E-state index is 10.1. The first-order chi connectivity index (χ1) is 18.0. The number of likely N-dealkylation sites (tertiary alicyclic amines) is 1. The van der Waals surface area contributed by atoms with Crippen molar-refractivity contribution in [1.29, 1.82) is 0 Å². The van der Waals surface area contributed by atoms with Crippen LogP contribution in [0.3, 0.4) is 0 Å². The van der Waals surface area contributed by atoms with Gasteiger partial charge in [-0.2, -0.15) is 0 Å². The van der Waals surface area contributed by atoms with Crippen LogP contribution in [0.25, 0.3) is 6.08 Å². The van der Waals surface area contributed by atoms with Gasteiger partial charge in [0.1, 0.15) is 13.4 Å². The lowest BCUT2D eigenvalue weighted by Gasteiger charge is -2.40. The Hall–Kier alpha value is -2.41. The number of carbonyl (C=O) groups excluding carboxylic acids is 1. The Morgan fingerprint density at radius 2 is 1.86 bits per heavy atom. The monoisotopic (exact) mass is 586 g/mol. The molecule has 3 aliphatic rings. The highest BCUT2D eigenvalue weighted by Crippen LogP contribution is 2.43. The van der Waals surface area contributed by atoms with Gasteiger partial charge in [0.25, 0.3) is 0 Å². The quantitative estimate of drug-likeness (QED) is 0.367. The number of dihydropyridines is 1. The lowest BCUT2D eigenvalue weighted by molar-refractivity contribution is -0.885. The van der Waals surface area contributed by atoms with Crippen LogP contribution in [0.5, 0.6) is 0 Å². The van der Waals surface area contributed by atoms with Gasteiger partial charge in [-0.05, 0) is 95.3 Å². The van der Waals surface area contributed by atoms with Crippen LogP contribution in [0.2, 0.25) is 5.02 Å². The molecule has 1 aromatic heterocycles. The average molecular weight is 588 g/mol. The predicted molar refractivity (Wildman–Crippen MR) is 156 cm³/mol. The number of allylic oxidation sites excluding steroid dienone is 2. The fraction of sp³-hybridized carbons (Fsp3) is 0.400. The maximum Gasteiger partial charge on any atom is 0.222 e. The summed E-state index contributed by atoms with van der Waals surface area (Å²) in [6, 6.07) is 10.4. The van der Waals surface area contributed by atoms with Gasteiger partial charge in [0, 0.05) is 44.9 Å². The van der Waals surface area contributed by atoms with Gasteiger partial charge in [-0.1, -0.05) is 43.7 Å². The number of carbonyl (C=O) groups is 1. The van der Waals surface area contributed by atoms with Gasteiger partial charge in [-0.25, -0.2) is 0 Å². The van der Waals surface area contributed by atoms with Crippen LogP contribution in [0.1, 0.15) is 49.3 Å². The Bertz CT molecular complexity index is 1120. The summed E-state index contributed by atoms with van der Waals surface area (Å²) in [6.07, 6.45) is 16.2. The normalized spacial score (nSPS) is 20.7. The van der Waals surface area contributed by atoms with E-state index >= 15 is 0 Å². The number of aldehydes is 1. The van der Waals surface area contributed by atoms with Crippen LogP contribution in [-0.2, 0) is 11.2 Å². The molecule has 0 saturated carbocycles. The lowest BCUT2D eigenvalue weighted by Crippen LogP contribution is -2.42. The molecule has 2 unspecified atom stereocenters. The Morgan fingerprint density at radius 3 is 2.51 bits per heavy atom. The molecule has 7 heteroatoms. The summed E-state index contributed by atoms with van der Waals surface area (Å²) in [5.41, 5.74) is 5.03. The van der Waals surface area contributed by atoms with E-state index < -0.39 is 0 Å². The van der Waals surface area contributed by atoms with Gasteiger partial charge in [-0.3, -0.25) is 4.84 Å². The van der Waals surface area contributed by atoms with Crippen molar-refractivity contribution in [1.82, 2.24) is 10.2 Å². The number of hydrogen-bond donors (Lipinski definition) is 1. The van der Waals surface area contributed by atoms with Crippen LogP contribution in [0, 0.1) is 5.92 Å². The summed E-state index contributed by atoms with van der Waals surface area (Å²) >= 11 is 9.88. The number of benzene rings is 1. The molecule has 0 radical (unpaired) electrons. The van der Waals surface area contributed by atoms with Crippen molar-refractivity contribution in [2.24, 2.45) is 5.92 Å². The predicted octanol–water partition coefficient (Wildman–Crippen LogP) is 5.73. The SMILES string of the molecule is CC.CN1CCC(C2c3ccc(Cl)cc3C=CC3=CC(Br)=CNC32)CC1.CO[n+]1ccc(CC=O)cc1. The number of aromatic nitrogens is 1. The van der Waals surface area contributed by atoms with Crippen molar-refractivity contribution in [3.05, 3.63) is 92.8 Å². The third-order valence-corrected chi connectivity index (χ3v) is 7.65. The Kier molecular flexibility index (Phi) is 11.4. The molecule has 0 bridgehead atoms. The van der Waals surface area contributed by atoms with E-state index in [4.69, 9.17) is 16.4 Å². The molecule has 0 spiro atoms. The molecule has 1 fully saturated rings. The number of pyridine rings is 1. The molecule has 1 N–H and O–H groups in total. The summed E-state index contributed by atoms with van der Waals surface area (Å²) in [5.74, 6) is 1.16. The van der Waals surface area contributed by atoms with Crippen LogP contribution in [0.15, 0.2) is 71.1 Å². The van der Waals surface area contributed by atoms with E-state index in [1.807, 2.05) is 32.0 Å². The van der Waals surface area contributed by atoms with E-state index in [1.165, 1.54) is 42.6 Å². The lowest BCUT2D eigenvalue weighted by atomic mass is 9.73. The van der Waals surface area contributed by atoms with Gasteiger partial charge >= 0.3 is 0 Å². The largest absolute Gasteiger partial charge is 0.383 e. The minimum absolute atomic E-state index is 0.332. The zero-order valence-electron chi connectivity index (χ0n) is 22.2. The molecule has 0 amide bonds. The van der Waals surface area contributed by atoms with Crippen molar-refractivity contribution in [2.45, 2.75) is 45.1 Å². The summed E-state index contributed by atoms with van der Waals surface area (Å²) in [6.45, 7) is 6.37. The number of piperidine rings is 1. The number of hydrogen-bond acceptors (Lipinski definition) is 4. The molecule has 1 saturated heterocycles. The second kappa shape index (κ2) is 14.5. The molecular weight excluding hydrogens is 550 g/mol. The van der Waals surface area contributed by atoms with Gasteiger partial charge in [0.2, 0.25) is 12.4 Å². The molecule has 2 aromatic rings. The van der Waals surface area contributed by atoms with Gasteiger partial charge in [0.05, 0.1) is 6.04 Å². The van der Waals surface area contributed by atoms with E-state index in [0.717, 1.165) is 21.4 Å². The van der Waals surface area contributed by atoms with E-state index in [1.54, 1.807) is 24.2 Å². The Balaban J connectivity index is 0.000000247. The highest BCUT2D eigenvalue weighted by atomic mass is 79.9. The van der Waals surface area contributed by atoms with Crippen LogP contribution in [-0.4, -0.2) is 44.5 Å².